The lowest BCUT2D eigenvalue weighted by Gasteiger charge is -2.23. The van der Waals surface area contributed by atoms with Crippen LogP contribution < -0.4 is 9.64 Å². The van der Waals surface area contributed by atoms with Crippen LogP contribution in [0, 0.1) is 5.92 Å². The number of hydrogen-bond acceptors (Lipinski definition) is 4. The van der Waals surface area contributed by atoms with Gasteiger partial charge in [-0.2, -0.15) is 18.2 Å². The first-order valence-electron chi connectivity index (χ1n) is 10.1. The van der Waals surface area contributed by atoms with Gasteiger partial charge in [-0.3, -0.25) is 0 Å². The minimum Gasteiger partial charge on any atom is -0.463 e. The molecular weight excluding hydrogens is 379 g/mol. The Balaban J connectivity index is 2.22. The van der Waals surface area contributed by atoms with Gasteiger partial charge in [-0.1, -0.05) is 52.2 Å². The first-order chi connectivity index (χ1) is 13.7. The smallest absolute Gasteiger partial charge is 0.421 e. The van der Waals surface area contributed by atoms with E-state index in [2.05, 4.69) is 16.9 Å². The van der Waals surface area contributed by atoms with Gasteiger partial charge in [0.15, 0.2) is 5.82 Å². The standard InChI is InChI=1S/C22H30F3N3O/c1-5-6-7-8-9-17-10-12-18(13-11-17)28(4)20-19(22(23,24)25)14-26-21(27-20)29-15-16(2)3/h10-14,16H,5-9,15H2,1-4H3. The number of nitrogens with zero attached hydrogens (tertiary/aromatic N) is 3. The van der Waals surface area contributed by atoms with Crippen LogP contribution >= 0.6 is 0 Å². The van der Waals surface area contributed by atoms with Crippen LogP contribution in [0.15, 0.2) is 30.5 Å². The third-order valence-corrected chi connectivity index (χ3v) is 4.56. The van der Waals surface area contributed by atoms with E-state index >= 15 is 0 Å². The molecule has 0 aliphatic heterocycles. The molecule has 0 bridgehead atoms. The van der Waals surface area contributed by atoms with Crippen LogP contribution in [0.3, 0.4) is 0 Å². The Hall–Kier alpha value is -2.31. The second kappa shape index (κ2) is 10.5. The molecule has 1 heterocycles. The van der Waals surface area contributed by atoms with Crippen molar-refractivity contribution in [2.45, 2.75) is 59.1 Å². The van der Waals surface area contributed by atoms with Crippen molar-refractivity contribution in [3.8, 4) is 6.01 Å². The van der Waals surface area contributed by atoms with Gasteiger partial charge in [0.1, 0.15) is 5.56 Å². The number of benzene rings is 1. The van der Waals surface area contributed by atoms with Gasteiger partial charge in [-0.15, -0.1) is 0 Å². The first-order valence-corrected chi connectivity index (χ1v) is 10.1. The zero-order chi connectivity index (χ0) is 21.4. The van der Waals surface area contributed by atoms with E-state index in [9.17, 15) is 13.2 Å². The molecule has 0 amide bonds. The summed E-state index contributed by atoms with van der Waals surface area (Å²) >= 11 is 0. The summed E-state index contributed by atoms with van der Waals surface area (Å²) in [7, 11) is 1.57. The summed E-state index contributed by atoms with van der Waals surface area (Å²) < 4.78 is 45.9. The predicted molar refractivity (Wildman–Crippen MR) is 110 cm³/mol. The third kappa shape index (κ3) is 6.91. The Labute approximate surface area is 171 Å². The van der Waals surface area contributed by atoms with Crippen molar-refractivity contribution in [3.63, 3.8) is 0 Å². The van der Waals surface area contributed by atoms with Crippen molar-refractivity contribution >= 4 is 11.5 Å². The van der Waals surface area contributed by atoms with E-state index in [1.54, 1.807) is 7.05 Å². The summed E-state index contributed by atoms with van der Waals surface area (Å²) in [5.74, 6) is -0.00565. The zero-order valence-electron chi connectivity index (χ0n) is 17.6. The SMILES string of the molecule is CCCCCCc1ccc(N(C)c2nc(OCC(C)C)ncc2C(F)(F)F)cc1. The van der Waals surface area contributed by atoms with Crippen molar-refractivity contribution in [1.82, 2.24) is 9.97 Å². The van der Waals surface area contributed by atoms with Crippen molar-refractivity contribution in [2.24, 2.45) is 5.92 Å². The molecule has 160 valence electrons. The molecule has 1 aromatic heterocycles. The van der Waals surface area contributed by atoms with Crippen LogP contribution in [0.4, 0.5) is 24.7 Å². The van der Waals surface area contributed by atoms with Crippen LogP contribution in [0.5, 0.6) is 6.01 Å². The van der Waals surface area contributed by atoms with Crippen LogP contribution in [-0.2, 0) is 12.6 Å². The van der Waals surface area contributed by atoms with E-state index in [0.29, 0.717) is 12.3 Å². The number of halogens is 3. The molecule has 7 heteroatoms. The van der Waals surface area contributed by atoms with E-state index in [0.717, 1.165) is 19.0 Å². The topological polar surface area (TPSA) is 38.2 Å². The van der Waals surface area contributed by atoms with E-state index in [-0.39, 0.29) is 17.7 Å². The number of ether oxygens (including phenoxy) is 1. The van der Waals surface area contributed by atoms with Gasteiger partial charge in [0.05, 0.1) is 6.61 Å². The second-order valence-electron chi connectivity index (χ2n) is 7.63. The van der Waals surface area contributed by atoms with Gasteiger partial charge >= 0.3 is 12.2 Å². The molecule has 0 saturated heterocycles. The molecule has 0 spiro atoms. The molecule has 0 N–H and O–H groups in total. The second-order valence-corrected chi connectivity index (χ2v) is 7.63. The average Bonchev–Trinajstić information content (AvgIpc) is 2.68. The quantitative estimate of drug-likeness (QED) is 0.424. The van der Waals surface area contributed by atoms with E-state index in [1.807, 2.05) is 38.1 Å². The van der Waals surface area contributed by atoms with Crippen LogP contribution in [0.25, 0.3) is 0 Å². The summed E-state index contributed by atoms with van der Waals surface area (Å²) in [6, 6.07) is 7.52. The maximum absolute atomic E-state index is 13.5. The molecule has 2 aromatic rings. The molecule has 1 aromatic carbocycles. The van der Waals surface area contributed by atoms with E-state index in [1.165, 1.54) is 29.7 Å². The Morgan fingerprint density at radius 1 is 1.07 bits per heavy atom. The summed E-state index contributed by atoms with van der Waals surface area (Å²) in [6.07, 6.45) is 1.91. The van der Waals surface area contributed by atoms with Gasteiger partial charge in [0.2, 0.25) is 0 Å². The molecule has 2 rings (SSSR count). The Morgan fingerprint density at radius 3 is 2.34 bits per heavy atom. The monoisotopic (exact) mass is 409 g/mol. The summed E-state index contributed by atoms with van der Waals surface area (Å²) in [5, 5.41) is 0. The fourth-order valence-corrected chi connectivity index (χ4v) is 2.89. The molecule has 0 saturated carbocycles. The lowest BCUT2D eigenvalue weighted by Crippen LogP contribution is -2.20. The maximum atomic E-state index is 13.5. The van der Waals surface area contributed by atoms with Crippen LogP contribution in [-0.4, -0.2) is 23.6 Å². The number of alkyl halides is 3. The number of unbranched alkanes of at least 4 members (excludes halogenated alkanes) is 3. The van der Waals surface area contributed by atoms with Gasteiger partial charge in [-0.05, 0) is 36.5 Å². The highest BCUT2D eigenvalue weighted by molar-refractivity contribution is 5.63. The highest BCUT2D eigenvalue weighted by Crippen LogP contribution is 2.37. The fraction of sp³-hybridized carbons (Fsp3) is 0.545. The van der Waals surface area contributed by atoms with E-state index in [4.69, 9.17) is 4.74 Å². The van der Waals surface area contributed by atoms with Crippen molar-refractivity contribution in [1.29, 1.82) is 0 Å². The highest BCUT2D eigenvalue weighted by atomic mass is 19.4. The first kappa shape index (κ1) is 23.0. The van der Waals surface area contributed by atoms with Crippen LogP contribution in [0.2, 0.25) is 0 Å². The minimum absolute atomic E-state index is 0.0545. The molecule has 29 heavy (non-hydrogen) atoms. The Morgan fingerprint density at radius 2 is 1.76 bits per heavy atom. The lowest BCUT2D eigenvalue weighted by molar-refractivity contribution is -0.137. The number of aromatic nitrogens is 2. The molecule has 0 atom stereocenters. The third-order valence-electron chi connectivity index (χ3n) is 4.56. The number of anilines is 2. The molecule has 0 radical (unpaired) electrons. The molecule has 4 nitrogen and oxygen atoms in total. The highest BCUT2D eigenvalue weighted by Gasteiger charge is 2.36. The summed E-state index contributed by atoms with van der Waals surface area (Å²) in [6.45, 7) is 6.40. The average molecular weight is 409 g/mol. The Kier molecular flexibility index (Phi) is 8.29. The Bertz CT molecular complexity index is 761. The fourth-order valence-electron chi connectivity index (χ4n) is 2.89. The van der Waals surface area contributed by atoms with Crippen LogP contribution in [0.1, 0.15) is 57.6 Å². The van der Waals surface area contributed by atoms with Crippen molar-refractivity contribution in [3.05, 3.63) is 41.6 Å². The molecule has 0 aliphatic rings. The van der Waals surface area contributed by atoms with E-state index < -0.39 is 11.7 Å². The van der Waals surface area contributed by atoms with Gasteiger partial charge in [-0.25, -0.2) is 4.98 Å². The van der Waals surface area contributed by atoms with Gasteiger partial charge < -0.3 is 9.64 Å². The summed E-state index contributed by atoms with van der Waals surface area (Å²) in [5.41, 5.74) is 0.916. The normalized spacial score (nSPS) is 11.7. The molecular formula is C22H30F3N3O. The molecule has 0 aliphatic carbocycles. The largest absolute Gasteiger partial charge is 0.463 e. The lowest BCUT2D eigenvalue weighted by atomic mass is 10.1. The maximum Gasteiger partial charge on any atom is 0.421 e. The van der Waals surface area contributed by atoms with Crippen molar-refractivity contribution in [2.75, 3.05) is 18.6 Å². The van der Waals surface area contributed by atoms with Gasteiger partial charge in [0, 0.05) is 18.9 Å². The number of rotatable bonds is 10. The van der Waals surface area contributed by atoms with Crippen molar-refractivity contribution < 1.29 is 17.9 Å². The predicted octanol–water partition coefficient (Wildman–Crippen LogP) is 6.42. The number of hydrogen-bond donors (Lipinski definition) is 0. The summed E-state index contributed by atoms with van der Waals surface area (Å²) in [4.78, 5) is 9.21. The number of aryl methyl sites for hydroxylation is 1. The minimum atomic E-state index is -4.56. The van der Waals surface area contributed by atoms with Gasteiger partial charge in [0.25, 0.3) is 0 Å². The zero-order valence-corrected chi connectivity index (χ0v) is 17.6. The molecule has 0 unspecified atom stereocenters. The molecule has 0 fully saturated rings.